The van der Waals surface area contributed by atoms with Gasteiger partial charge in [0, 0.05) is 26.1 Å². The molecular formula is C15H18F2N2O. The summed E-state index contributed by atoms with van der Waals surface area (Å²) in [6.45, 7) is 1.78. The maximum atomic E-state index is 13.2. The second-order valence-corrected chi connectivity index (χ2v) is 5.30. The number of hydrogen-bond donors (Lipinski definition) is 1. The summed E-state index contributed by atoms with van der Waals surface area (Å²) in [6, 6.07) is 5.53. The molecule has 0 heterocycles. The van der Waals surface area contributed by atoms with Crippen LogP contribution in [0.25, 0.3) is 0 Å². The zero-order chi connectivity index (χ0) is 14.5. The van der Waals surface area contributed by atoms with Gasteiger partial charge >= 0.3 is 0 Å². The third kappa shape index (κ3) is 4.26. The molecule has 0 aromatic heterocycles. The van der Waals surface area contributed by atoms with E-state index in [9.17, 15) is 13.9 Å². The summed E-state index contributed by atoms with van der Waals surface area (Å²) in [5.74, 6) is -1.22. The van der Waals surface area contributed by atoms with Crippen molar-refractivity contribution in [3.63, 3.8) is 0 Å². The van der Waals surface area contributed by atoms with E-state index in [-0.39, 0.29) is 0 Å². The predicted octanol–water partition coefficient (Wildman–Crippen LogP) is 2.62. The normalized spacial score (nSPS) is 16.1. The van der Waals surface area contributed by atoms with Crippen LogP contribution in [0.4, 0.5) is 8.78 Å². The van der Waals surface area contributed by atoms with Crippen LogP contribution in [0, 0.1) is 28.9 Å². The standard InChI is InChI=1S/C15H18F2N2O/c16-13-5-4-12(8-14(13)17)15(20)10-19(7-1-6-18)9-11-2-3-11/h4-5,8,11,15,20H,1-3,7,9-10H2. The highest BCUT2D eigenvalue weighted by molar-refractivity contribution is 5.20. The van der Waals surface area contributed by atoms with E-state index in [4.69, 9.17) is 5.26 Å². The molecule has 1 atom stereocenters. The Morgan fingerprint density at radius 3 is 2.70 bits per heavy atom. The van der Waals surface area contributed by atoms with E-state index in [1.807, 2.05) is 4.90 Å². The number of halogens is 2. The van der Waals surface area contributed by atoms with Crippen molar-refractivity contribution >= 4 is 0 Å². The molecule has 0 saturated heterocycles. The van der Waals surface area contributed by atoms with Gasteiger partial charge in [-0.05, 0) is 36.5 Å². The second-order valence-electron chi connectivity index (χ2n) is 5.30. The molecule has 108 valence electrons. The monoisotopic (exact) mass is 280 g/mol. The van der Waals surface area contributed by atoms with Gasteiger partial charge in [-0.3, -0.25) is 4.90 Å². The minimum atomic E-state index is -0.952. The molecule has 0 amide bonds. The Bertz CT molecular complexity index is 497. The molecule has 1 fully saturated rings. The van der Waals surface area contributed by atoms with Crippen LogP contribution >= 0.6 is 0 Å². The molecule has 5 heteroatoms. The molecule has 1 aromatic rings. The summed E-state index contributed by atoms with van der Waals surface area (Å²) in [7, 11) is 0. The molecule has 0 radical (unpaired) electrons. The lowest BCUT2D eigenvalue weighted by molar-refractivity contribution is 0.111. The highest BCUT2D eigenvalue weighted by Crippen LogP contribution is 2.30. The highest BCUT2D eigenvalue weighted by Gasteiger charge is 2.25. The van der Waals surface area contributed by atoms with Crippen molar-refractivity contribution in [1.82, 2.24) is 4.90 Å². The quantitative estimate of drug-likeness (QED) is 0.835. The Balaban J connectivity index is 1.96. The number of aliphatic hydroxyl groups excluding tert-OH is 1. The second kappa shape index (κ2) is 6.78. The van der Waals surface area contributed by atoms with E-state index >= 15 is 0 Å². The first kappa shape index (κ1) is 14.9. The fraction of sp³-hybridized carbons (Fsp3) is 0.533. The third-order valence-corrected chi connectivity index (χ3v) is 3.51. The van der Waals surface area contributed by atoms with E-state index in [0.29, 0.717) is 31.0 Å². The Labute approximate surface area is 117 Å². The smallest absolute Gasteiger partial charge is 0.159 e. The van der Waals surface area contributed by atoms with Crippen molar-refractivity contribution in [3.8, 4) is 6.07 Å². The number of benzene rings is 1. The molecule has 3 nitrogen and oxygen atoms in total. The van der Waals surface area contributed by atoms with E-state index in [1.165, 1.54) is 18.9 Å². The van der Waals surface area contributed by atoms with Gasteiger partial charge in [0.15, 0.2) is 11.6 Å². The lowest BCUT2D eigenvalue weighted by Crippen LogP contribution is -2.31. The number of nitrogens with zero attached hydrogens (tertiary/aromatic N) is 2. The lowest BCUT2D eigenvalue weighted by atomic mass is 10.1. The van der Waals surface area contributed by atoms with Crippen molar-refractivity contribution in [3.05, 3.63) is 35.4 Å². The molecule has 2 rings (SSSR count). The molecule has 0 spiro atoms. The largest absolute Gasteiger partial charge is 0.387 e. The summed E-state index contributed by atoms with van der Waals surface area (Å²) < 4.78 is 26.0. The molecule has 1 N–H and O–H groups in total. The Morgan fingerprint density at radius 1 is 1.35 bits per heavy atom. The van der Waals surface area contributed by atoms with Crippen LogP contribution in [-0.4, -0.2) is 29.6 Å². The fourth-order valence-corrected chi connectivity index (χ4v) is 2.20. The van der Waals surface area contributed by atoms with E-state index in [1.54, 1.807) is 0 Å². The molecular weight excluding hydrogens is 262 g/mol. The van der Waals surface area contributed by atoms with Gasteiger partial charge in [0.05, 0.1) is 12.2 Å². The van der Waals surface area contributed by atoms with E-state index in [0.717, 1.165) is 18.7 Å². The summed E-state index contributed by atoms with van der Waals surface area (Å²) in [6.07, 6.45) is 1.90. The van der Waals surface area contributed by atoms with E-state index < -0.39 is 17.7 Å². The summed E-state index contributed by atoms with van der Waals surface area (Å²) >= 11 is 0. The lowest BCUT2D eigenvalue weighted by Gasteiger charge is -2.24. The fourth-order valence-electron chi connectivity index (χ4n) is 2.20. The molecule has 1 aromatic carbocycles. The van der Waals surface area contributed by atoms with Crippen LogP contribution in [0.3, 0.4) is 0 Å². The maximum Gasteiger partial charge on any atom is 0.159 e. The number of nitriles is 1. The number of aliphatic hydroxyl groups is 1. The van der Waals surface area contributed by atoms with Gasteiger partial charge in [0.25, 0.3) is 0 Å². The van der Waals surface area contributed by atoms with Gasteiger partial charge in [-0.1, -0.05) is 6.07 Å². The van der Waals surface area contributed by atoms with Crippen molar-refractivity contribution in [1.29, 1.82) is 5.26 Å². The van der Waals surface area contributed by atoms with Crippen LogP contribution in [0.1, 0.15) is 30.9 Å². The molecule has 1 aliphatic carbocycles. The van der Waals surface area contributed by atoms with Crippen LogP contribution in [0.2, 0.25) is 0 Å². The SMILES string of the molecule is N#CCCN(CC1CC1)CC(O)c1ccc(F)c(F)c1. The molecule has 0 aliphatic heterocycles. The van der Waals surface area contributed by atoms with Crippen molar-refractivity contribution in [2.45, 2.75) is 25.4 Å². The van der Waals surface area contributed by atoms with Gasteiger partial charge in [-0.15, -0.1) is 0 Å². The van der Waals surface area contributed by atoms with Crippen molar-refractivity contribution in [2.75, 3.05) is 19.6 Å². The first-order chi connectivity index (χ1) is 9.60. The molecule has 1 aliphatic rings. The summed E-state index contributed by atoms with van der Waals surface area (Å²) in [4.78, 5) is 2.02. The Morgan fingerprint density at radius 2 is 2.10 bits per heavy atom. The average molecular weight is 280 g/mol. The van der Waals surface area contributed by atoms with Gasteiger partial charge < -0.3 is 5.11 Å². The number of hydrogen-bond acceptors (Lipinski definition) is 3. The van der Waals surface area contributed by atoms with Gasteiger partial charge in [-0.25, -0.2) is 8.78 Å². The topological polar surface area (TPSA) is 47.3 Å². The minimum Gasteiger partial charge on any atom is -0.387 e. The minimum absolute atomic E-state index is 0.337. The zero-order valence-corrected chi connectivity index (χ0v) is 11.2. The van der Waals surface area contributed by atoms with Crippen LogP contribution in [0.15, 0.2) is 18.2 Å². The number of rotatable bonds is 7. The molecule has 20 heavy (non-hydrogen) atoms. The first-order valence-corrected chi connectivity index (χ1v) is 6.82. The predicted molar refractivity (Wildman–Crippen MR) is 70.7 cm³/mol. The Kier molecular flexibility index (Phi) is 5.05. The maximum absolute atomic E-state index is 13.2. The van der Waals surface area contributed by atoms with Gasteiger partial charge in [-0.2, -0.15) is 5.26 Å². The molecule has 0 bridgehead atoms. The van der Waals surface area contributed by atoms with Crippen molar-refractivity contribution in [2.24, 2.45) is 5.92 Å². The first-order valence-electron chi connectivity index (χ1n) is 6.82. The van der Waals surface area contributed by atoms with Crippen LogP contribution in [0.5, 0.6) is 0 Å². The van der Waals surface area contributed by atoms with Crippen molar-refractivity contribution < 1.29 is 13.9 Å². The van der Waals surface area contributed by atoms with E-state index in [2.05, 4.69) is 6.07 Å². The summed E-state index contributed by atoms with van der Waals surface area (Å²) in [5, 5.41) is 18.8. The van der Waals surface area contributed by atoms with Crippen LogP contribution in [-0.2, 0) is 0 Å². The third-order valence-electron chi connectivity index (χ3n) is 3.51. The molecule has 1 saturated carbocycles. The van der Waals surface area contributed by atoms with Crippen LogP contribution < -0.4 is 0 Å². The van der Waals surface area contributed by atoms with Gasteiger partial charge in [0.1, 0.15) is 0 Å². The molecule has 1 unspecified atom stereocenters. The average Bonchev–Trinajstić information content (AvgIpc) is 3.23. The highest BCUT2D eigenvalue weighted by atomic mass is 19.2. The van der Waals surface area contributed by atoms with Gasteiger partial charge in [0.2, 0.25) is 0 Å². The summed E-state index contributed by atoms with van der Waals surface area (Å²) in [5.41, 5.74) is 0.363. The zero-order valence-electron chi connectivity index (χ0n) is 11.2. The Hall–Kier alpha value is -1.51.